The Morgan fingerprint density at radius 1 is 1.58 bits per heavy atom. The van der Waals surface area contributed by atoms with Crippen molar-refractivity contribution < 1.29 is 14.4 Å². The van der Waals surface area contributed by atoms with Crippen LogP contribution in [0.1, 0.15) is 28.8 Å². The van der Waals surface area contributed by atoms with Crippen molar-refractivity contribution in [2.75, 3.05) is 0 Å². The maximum Gasteiger partial charge on any atom is 0.251 e. The summed E-state index contributed by atoms with van der Waals surface area (Å²) in [5.41, 5.74) is 6.32. The van der Waals surface area contributed by atoms with Crippen LogP contribution in [0.5, 0.6) is 0 Å². The van der Waals surface area contributed by atoms with E-state index in [1.807, 2.05) is 0 Å². The fraction of sp³-hybridized carbons (Fsp3) is 0.385. The minimum Gasteiger partial charge on any atom is -0.409 e. The highest BCUT2D eigenvalue weighted by Crippen LogP contribution is 2.32. The molecular formula is C13H16FN3O2. The number of oxime groups is 1. The number of amides is 1. The van der Waals surface area contributed by atoms with Gasteiger partial charge in [0.15, 0.2) is 5.84 Å². The average Bonchev–Trinajstić information content (AvgIpc) is 3.22. The first-order valence-electron chi connectivity index (χ1n) is 6.07. The number of aryl methyl sites for hydroxylation is 1. The van der Waals surface area contributed by atoms with E-state index < -0.39 is 6.04 Å². The third-order valence-corrected chi connectivity index (χ3v) is 3.23. The lowest BCUT2D eigenvalue weighted by Crippen LogP contribution is -2.46. The molecule has 1 aliphatic carbocycles. The number of nitrogens with two attached hydrogens (primary N) is 1. The number of amidine groups is 1. The number of rotatable bonds is 4. The van der Waals surface area contributed by atoms with Crippen LogP contribution in [-0.4, -0.2) is 23.0 Å². The van der Waals surface area contributed by atoms with E-state index in [1.165, 1.54) is 18.2 Å². The Balaban J connectivity index is 2.12. The third kappa shape index (κ3) is 3.01. The molecule has 1 aromatic rings. The average molecular weight is 265 g/mol. The van der Waals surface area contributed by atoms with E-state index in [2.05, 4.69) is 10.5 Å². The van der Waals surface area contributed by atoms with E-state index in [0.29, 0.717) is 11.1 Å². The molecule has 0 spiro atoms. The summed E-state index contributed by atoms with van der Waals surface area (Å²) in [5, 5.41) is 14.4. The molecule has 0 aliphatic heterocycles. The minimum atomic E-state index is -0.470. The quantitative estimate of drug-likeness (QED) is 0.333. The van der Waals surface area contributed by atoms with Crippen LogP contribution < -0.4 is 11.1 Å². The smallest absolute Gasteiger partial charge is 0.251 e. The second kappa shape index (κ2) is 5.26. The molecule has 5 nitrogen and oxygen atoms in total. The van der Waals surface area contributed by atoms with Gasteiger partial charge in [-0.1, -0.05) is 5.16 Å². The monoisotopic (exact) mass is 265 g/mol. The number of hydrogen-bond acceptors (Lipinski definition) is 3. The van der Waals surface area contributed by atoms with Gasteiger partial charge < -0.3 is 16.3 Å². The molecule has 1 saturated carbocycles. The van der Waals surface area contributed by atoms with Crippen molar-refractivity contribution >= 4 is 11.7 Å². The molecule has 2 rings (SSSR count). The number of carbonyl (C=O) groups excluding carboxylic acids is 1. The maximum absolute atomic E-state index is 13.1. The van der Waals surface area contributed by atoms with E-state index in [0.717, 1.165) is 12.8 Å². The first kappa shape index (κ1) is 13.3. The molecule has 0 saturated heterocycles. The maximum atomic E-state index is 13.1. The van der Waals surface area contributed by atoms with Gasteiger partial charge in [-0.05, 0) is 49.4 Å². The Morgan fingerprint density at radius 3 is 2.79 bits per heavy atom. The van der Waals surface area contributed by atoms with Crippen LogP contribution in [0.25, 0.3) is 0 Å². The van der Waals surface area contributed by atoms with Crippen molar-refractivity contribution in [3.63, 3.8) is 0 Å². The molecule has 4 N–H and O–H groups in total. The lowest BCUT2D eigenvalue weighted by Gasteiger charge is -2.16. The van der Waals surface area contributed by atoms with Gasteiger partial charge in [-0.3, -0.25) is 4.79 Å². The van der Waals surface area contributed by atoms with E-state index in [9.17, 15) is 9.18 Å². The predicted molar refractivity (Wildman–Crippen MR) is 68.5 cm³/mol. The molecule has 1 amide bonds. The zero-order valence-electron chi connectivity index (χ0n) is 10.6. The second-order valence-corrected chi connectivity index (χ2v) is 4.78. The van der Waals surface area contributed by atoms with Gasteiger partial charge in [0.25, 0.3) is 5.91 Å². The highest BCUT2D eigenvalue weighted by molar-refractivity contribution is 5.98. The van der Waals surface area contributed by atoms with Gasteiger partial charge in [0, 0.05) is 5.56 Å². The summed E-state index contributed by atoms with van der Waals surface area (Å²) >= 11 is 0. The van der Waals surface area contributed by atoms with Crippen LogP contribution in [-0.2, 0) is 0 Å². The number of halogens is 1. The number of carbonyl (C=O) groups is 1. The van der Waals surface area contributed by atoms with E-state index in [-0.39, 0.29) is 23.5 Å². The number of hydrogen-bond donors (Lipinski definition) is 3. The molecule has 1 fully saturated rings. The predicted octanol–water partition coefficient (Wildman–Crippen LogP) is 1.39. The fourth-order valence-corrected chi connectivity index (χ4v) is 1.94. The standard InChI is InChI=1S/C13H16FN3O2/c1-7-6-9(4-5-10(7)14)13(18)16-11(8-2-3-8)12(15)17-19/h4-6,8,11,19H,2-3H2,1H3,(H2,15,17)(H,16,18). The van der Waals surface area contributed by atoms with Crippen molar-refractivity contribution in [3.05, 3.63) is 35.1 Å². The molecule has 19 heavy (non-hydrogen) atoms. The van der Waals surface area contributed by atoms with Gasteiger partial charge in [0.1, 0.15) is 5.82 Å². The Labute approximate surface area is 110 Å². The van der Waals surface area contributed by atoms with Gasteiger partial charge in [-0.2, -0.15) is 0 Å². The van der Waals surface area contributed by atoms with Crippen LogP contribution in [0.4, 0.5) is 4.39 Å². The van der Waals surface area contributed by atoms with Crippen molar-refractivity contribution in [2.45, 2.75) is 25.8 Å². The molecule has 0 bridgehead atoms. The summed E-state index contributed by atoms with van der Waals surface area (Å²) in [4.78, 5) is 12.0. The fourth-order valence-electron chi connectivity index (χ4n) is 1.94. The van der Waals surface area contributed by atoms with E-state index in [4.69, 9.17) is 10.9 Å². The lowest BCUT2D eigenvalue weighted by molar-refractivity contribution is 0.0942. The zero-order valence-corrected chi connectivity index (χ0v) is 10.6. The van der Waals surface area contributed by atoms with Crippen LogP contribution in [0.15, 0.2) is 23.4 Å². The van der Waals surface area contributed by atoms with Crippen LogP contribution in [0.3, 0.4) is 0 Å². The Bertz CT molecular complexity index is 527. The number of nitrogens with zero attached hydrogens (tertiary/aromatic N) is 1. The first-order chi connectivity index (χ1) is 9.02. The lowest BCUT2D eigenvalue weighted by atomic mass is 10.1. The van der Waals surface area contributed by atoms with Crippen LogP contribution >= 0.6 is 0 Å². The Hall–Kier alpha value is -2.11. The van der Waals surface area contributed by atoms with E-state index in [1.54, 1.807) is 6.92 Å². The molecule has 0 heterocycles. The summed E-state index contributed by atoms with van der Waals surface area (Å²) in [7, 11) is 0. The van der Waals surface area contributed by atoms with Crippen molar-refractivity contribution in [3.8, 4) is 0 Å². The summed E-state index contributed by atoms with van der Waals surface area (Å²) in [6.45, 7) is 1.59. The summed E-state index contributed by atoms with van der Waals surface area (Å²) in [6, 6.07) is 3.66. The van der Waals surface area contributed by atoms with Gasteiger partial charge in [0.2, 0.25) is 0 Å². The zero-order chi connectivity index (χ0) is 14.0. The summed E-state index contributed by atoms with van der Waals surface area (Å²) in [5.74, 6) is -0.505. The molecule has 1 atom stereocenters. The Morgan fingerprint density at radius 2 is 2.26 bits per heavy atom. The van der Waals surface area contributed by atoms with E-state index >= 15 is 0 Å². The first-order valence-corrected chi connectivity index (χ1v) is 6.07. The number of nitrogens with one attached hydrogen (secondary N) is 1. The topological polar surface area (TPSA) is 87.7 Å². The molecular weight excluding hydrogens is 249 g/mol. The number of benzene rings is 1. The molecule has 0 radical (unpaired) electrons. The third-order valence-electron chi connectivity index (χ3n) is 3.23. The van der Waals surface area contributed by atoms with Crippen LogP contribution in [0.2, 0.25) is 0 Å². The Kier molecular flexibility index (Phi) is 3.69. The van der Waals surface area contributed by atoms with Gasteiger partial charge in [0.05, 0.1) is 6.04 Å². The SMILES string of the molecule is Cc1cc(C(=O)NC(C(N)=NO)C2CC2)ccc1F. The minimum absolute atomic E-state index is 0.00492. The molecule has 1 aliphatic rings. The van der Waals surface area contributed by atoms with Gasteiger partial charge in [-0.25, -0.2) is 4.39 Å². The highest BCUT2D eigenvalue weighted by atomic mass is 19.1. The van der Waals surface area contributed by atoms with Crippen molar-refractivity contribution in [2.24, 2.45) is 16.8 Å². The highest BCUT2D eigenvalue weighted by Gasteiger charge is 2.35. The normalized spacial score (nSPS) is 17.1. The molecule has 102 valence electrons. The molecule has 1 aromatic carbocycles. The molecule has 6 heteroatoms. The van der Waals surface area contributed by atoms with Gasteiger partial charge in [-0.15, -0.1) is 0 Å². The van der Waals surface area contributed by atoms with Crippen LogP contribution in [0, 0.1) is 18.7 Å². The molecule has 0 aromatic heterocycles. The molecule has 1 unspecified atom stereocenters. The van der Waals surface area contributed by atoms with Gasteiger partial charge >= 0.3 is 0 Å². The summed E-state index contributed by atoms with van der Waals surface area (Å²) in [6.07, 6.45) is 1.87. The summed E-state index contributed by atoms with van der Waals surface area (Å²) < 4.78 is 13.1. The largest absolute Gasteiger partial charge is 0.409 e. The van der Waals surface area contributed by atoms with Crippen molar-refractivity contribution in [1.29, 1.82) is 0 Å². The van der Waals surface area contributed by atoms with Crippen molar-refractivity contribution in [1.82, 2.24) is 5.32 Å². The second-order valence-electron chi connectivity index (χ2n) is 4.78.